The van der Waals surface area contributed by atoms with Gasteiger partial charge in [0.25, 0.3) is 0 Å². The molecule has 0 aromatic heterocycles. The van der Waals surface area contributed by atoms with Gasteiger partial charge in [0.1, 0.15) is 0 Å². The van der Waals surface area contributed by atoms with Gasteiger partial charge in [-0.1, -0.05) is 6.42 Å². The fraction of sp³-hybridized carbons (Fsp3) is 0.938. The minimum Gasteiger partial charge on any atom is -0.396 e. The van der Waals surface area contributed by atoms with E-state index >= 15 is 0 Å². The number of likely N-dealkylation sites (tertiary alicyclic amines) is 1. The molecule has 0 radical (unpaired) electrons. The van der Waals surface area contributed by atoms with Crippen molar-refractivity contribution in [2.45, 2.75) is 63.8 Å². The smallest absolute Gasteiger partial charge is 0.317 e. The molecule has 1 atom stereocenters. The van der Waals surface area contributed by atoms with E-state index in [1.165, 1.54) is 38.5 Å². The van der Waals surface area contributed by atoms with Gasteiger partial charge in [0.15, 0.2) is 0 Å². The SMILES string of the molecule is O=C(NCC1(C2CC2)CCC1)N1CCCC[C@@H]1CCO. The number of aliphatic hydroxyl groups excluding tert-OH is 1. The maximum atomic E-state index is 12.4. The fourth-order valence-electron chi connectivity index (χ4n) is 4.13. The topological polar surface area (TPSA) is 52.6 Å². The Bertz CT molecular complexity index is 348. The first-order valence-corrected chi connectivity index (χ1v) is 8.40. The van der Waals surface area contributed by atoms with Crippen molar-refractivity contribution >= 4 is 6.03 Å². The molecule has 3 rings (SSSR count). The van der Waals surface area contributed by atoms with Crippen LogP contribution in [-0.4, -0.2) is 41.8 Å². The number of urea groups is 1. The summed E-state index contributed by atoms with van der Waals surface area (Å²) in [6.07, 6.45) is 10.7. The summed E-state index contributed by atoms with van der Waals surface area (Å²) in [6.45, 7) is 1.91. The lowest BCUT2D eigenvalue weighted by Gasteiger charge is -2.44. The van der Waals surface area contributed by atoms with Gasteiger partial charge in [0.05, 0.1) is 0 Å². The van der Waals surface area contributed by atoms with Gasteiger partial charge < -0.3 is 15.3 Å². The fourth-order valence-corrected chi connectivity index (χ4v) is 4.13. The maximum Gasteiger partial charge on any atom is 0.317 e. The quantitative estimate of drug-likeness (QED) is 0.813. The summed E-state index contributed by atoms with van der Waals surface area (Å²) >= 11 is 0. The molecule has 4 heteroatoms. The molecule has 3 aliphatic rings. The van der Waals surface area contributed by atoms with E-state index in [1.54, 1.807) is 0 Å². The highest BCUT2D eigenvalue weighted by atomic mass is 16.3. The van der Waals surface area contributed by atoms with E-state index in [9.17, 15) is 4.79 Å². The standard InChI is InChI=1S/C16H28N2O2/c19-11-7-14-4-1-2-10-18(14)15(20)17-12-16(8-3-9-16)13-5-6-13/h13-14,19H,1-12H2,(H,17,20)/t14-/m1/s1. The Morgan fingerprint density at radius 3 is 2.60 bits per heavy atom. The van der Waals surface area contributed by atoms with Gasteiger partial charge >= 0.3 is 6.03 Å². The number of amides is 2. The Morgan fingerprint density at radius 1 is 1.20 bits per heavy atom. The first-order chi connectivity index (χ1) is 9.75. The molecule has 0 unspecified atom stereocenters. The summed E-state index contributed by atoms with van der Waals surface area (Å²) in [5.74, 6) is 0.881. The van der Waals surface area contributed by atoms with Crippen molar-refractivity contribution in [3.63, 3.8) is 0 Å². The highest BCUT2D eigenvalue weighted by Gasteiger charge is 2.49. The summed E-state index contributed by atoms with van der Waals surface area (Å²) < 4.78 is 0. The predicted molar refractivity (Wildman–Crippen MR) is 78.5 cm³/mol. The minimum absolute atomic E-state index is 0.107. The molecule has 2 amide bonds. The molecular formula is C16H28N2O2. The summed E-state index contributed by atoms with van der Waals surface area (Å²) in [7, 11) is 0. The van der Waals surface area contributed by atoms with Gasteiger partial charge in [-0.2, -0.15) is 0 Å². The second-order valence-electron chi connectivity index (χ2n) is 7.00. The molecule has 2 saturated carbocycles. The van der Waals surface area contributed by atoms with Crippen molar-refractivity contribution in [1.82, 2.24) is 10.2 Å². The Hall–Kier alpha value is -0.770. The second kappa shape index (κ2) is 5.92. The zero-order valence-corrected chi connectivity index (χ0v) is 12.4. The Balaban J connectivity index is 1.52. The zero-order chi connectivity index (χ0) is 14.0. The number of nitrogens with one attached hydrogen (secondary N) is 1. The predicted octanol–water partition coefficient (Wildman–Crippen LogP) is 2.51. The van der Waals surface area contributed by atoms with Crippen molar-refractivity contribution in [3.8, 4) is 0 Å². The number of aliphatic hydroxyl groups is 1. The third-order valence-corrected chi connectivity index (χ3v) is 5.73. The van der Waals surface area contributed by atoms with E-state index in [4.69, 9.17) is 5.11 Å². The molecule has 0 bridgehead atoms. The third kappa shape index (κ3) is 2.80. The van der Waals surface area contributed by atoms with Crippen LogP contribution in [0.2, 0.25) is 0 Å². The van der Waals surface area contributed by atoms with Crippen LogP contribution in [0.1, 0.15) is 57.8 Å². The van der Waals surface area contributed by atoms with Crippen molar-refractivity contribution < 1.29 is 9.90 Å². The first kappa shape index (κ1) is 14.2. The van der Waals surface area contributed by atoms with Crippen molar-refractivity contribution in [1.29, 1.82) is 0 Å². The summed E-state index contributed by atoms with van der Waals surface area (Å²) in [5.41, 5.74) is 0.442. The van der Waals surface area contributed by atoms with Gasteiger partial charge in [0, 0.05) is 25.7 Å². The average Bonchev–Trinajstić information content (AvgIpc) is 3.23. The van der Waals surface area contributed by atoms with Gasteiger partial charge in [-0.25, -0.2) is 4.79 Å². The Labute approximate surface area is 121 Å². The molecule has 1 aliphatic heterocycles. The van der Waals surface area contributed by atoms with Gasteiger partial charge in [-0.05, 0) is 62.7 Å². The minimum atomic E-state index is 0.107. The van der Waals surface area contributed by atoms with Gasteiger partial charge in [-0.3, -0.25) is 0 Å². The second-order valence-corrected chi connectivity index (χ2v) is 7.00. The Kier molecular flexibility index (Phi) is 4.20. The lowest BCUT2D eigenvalue weighted by atomic mass is 9.65. The highest BCUT2D eigenvalue weighted by Crippen LogP contribution is 2.56. The summed E-state index contributed by atoms with van der Waals surface area (Å²) in [5, 5.41) is 12.4. The number of piperidine rings is 1. The molecule has 2 aliphatic carbocycles. The lowest BCUT2D eigenvalue weighted by molar-refractivity contribution is 0.0901. The van der Waals surface area contributed by atoms with Crippen molar-refractivity contribution in [3.05, 3.63) is 0 Å². The Morgan fingerprint density at radius 2 is 2.00 bits per heavy atom. The van der Waals surface area contributed by atoms with E-state index < -0.39 is 0 Å². The van der Waals surface area contributed by atoms with Crippen LogP contribution >= 0.6 is 0 Å². The normalized spacial score (nSPS) is 28.9. The molecule has 0 spiro atoms. The monoisotopic (exact) mass is 280 g/mol. The van der Waals surface area contributed by atoms with Crippen molar-refractivity contribution in [2.75, 3.05) is 19.7 Å². The van der Waals surface area contributed by atoms with Crippen LogP contribution in [0.15, 0.2) is 0 Å². The van der Waals surface area contributed by atoms with Crippen LogP contribution in [0.5, 0.6) is 0 Å². The van der Waals surface area contributed by atoms with E-state index in [2.05, 4.69) is 5.32 Å². The molecule has 1 heterocycles. The average molecular weight is 280 g/mol. The number of hydrogen-bond donors (Lipinski definition) is 2. The van der Waals surface area contributed by atoms with E-state index in [-0.39, 0.29) is 18.7 Å². The largest absolute Gasteiger partial charge is 0.396 e. The zero-order valence-electron chi connectivity index (χ0n) is 12.4. The molecule has 20 heavy (non-hydrogen) atoms. The summed E-state index contributed by atoms with van der Waals surface area (Å²) in [4.78, 5) is 14.4. The lowest BCUT2D eigenvalue weighted by Crippen LogP contribution is -2.52. The van der Waals surface area contributed by atoms with Crippen LogP contribution in [0.3, 0.4) is 0 Å². The molecule has 4 nitrogen and oxygen atoms in total. The first-order valence-electron chi connectivity index (χ1n) is 8.40. The number of nitrogens with zero attached hydrogens (tertiary/aromatic N) is 1. The van der Waals surface area contributed by atoms with Gasteiger partial charge in [-0.15, -0.1) is 0 Å². The molecule has 0 aromatic rings. The molecular weight excluding hydrogens is 252 g/mol. The van der Waals surface area contributed by atoms with Gasteiger partial charge in [0.2, 0.25) is 0 Å². The highest BCUT2D eigenvalue weighted by molar-refractivity contribution is 5.74. The van der Waals surface area contributed by atoms with E-state index in [0.717, 1.165) is 38.3 Å². The van der Waals surface area contributed by atoms with E-state index in [1.807, 2.05) is 4.90 Å². The van der Waals surface area contributed by atoms with Crippen LogP contribution in [0.4, 0.5) is 4.79 Å². The number of hydrogen-bond acceptors (Lipinski definition) is 2. The van der Waals surface area contributed by atoms with Crippen LogP contribution in [0, 0.1) is 11.3 Å². The summed E-state index contributed by atoms with van der Waals surface area (Å²) in [6, 6.07) is 0.349. The van der Waals surface area contributed by atoms with Crippen LogP contribution < -0.4 is 5.32 Å². The van der Waals surface area contributed by atoms with E-state index in [0.29, 0.717) is 5.41 Å². The third-order valence-electron chi connectivity index (χ3n) is 5.73. The van der Waals surface area contributed by atoms with Crippen LogP contribution in [-0.2, 0) is 0 Å². The van der Waals surface area contributed by atoms with Crippen molar-refractivity contribution in [2.24, 2.45) is 11.3 Å². The molecule has 114 valence electrons. The maximum absolute atomic E-state index is 12.4. The van der Waals surface area contributed by atoms with Crippen LogP contribution in [0.25, 0.3) is 0 Å². The molecule has 2 N–H and O–H groups in total. The number of carbonyl (C=O) groups excluding carboxylic acids is 1. The number of rotatable bonds is 5. The number of carbonyl (C=O) groups is 1. The molecule has 0 aromatic carbocycles. The molecule has 3 fully saturated rings. The molecule has 1 saturated heterocycles.